The summed E-state index contributed by atoms with van der Waals surface area (Å²) in [5, 5.41) is 11.4. The summed E-state index contributed by atoms with van der Waals surface area (Å²) in [5.41, 5.74) is 6.09. The van der Waals surface area contributed by atoms with E-state index in [1.54, 1.807) is 4.90 Å². The van der Waals surface area contributed by atoms with Gasteiger partial charge in [-0.3, -0.25) is 19.9 Å². The molecule has 1 unspecified atom stereocenters. The molecule has 174 valence electrons. The van der Waals surface area contributed by atoms with E-state index in [0.717, 1.165) is 18.4 Å². The van der Waals surface area contributed by atoms with Crippen LogP contribution in [0, 0.1) is 10.1 Å². The Hall–Kier alpha value is -3.75. The lowest BCUT2D eigenvalue weighted by Crippen LogP contribution is -2.42. The minimum absolute atomic E-state index is 0.161. The van der Waals surface area contributed by atoms with E-state index < -0.39 is 16.4 Å². The first-order valence-electron chi connectivity index (χ1n) is 10.7. The number of piperidine rings is 1. The van der Waals surface area contributed by atoms with E-state index in [-0.39, 0.29) is 28.8 Å². The number of carbonyl (C=O) groups excluding carboxylic acids is 2. The van der Waals surface area contributed by atoms with Crippen LogP contribution in [0.4, 0.5) is 16.2 Å². The highest BCUT2D eigenvalue weighted by atomic mass is 16.6. The normalized spacial score (nSPS) is 16.6. The number of hydrogen-bond acceptors (Lipinski definition) is 6. The van der Waals surface area contributed by atoms with Crippen LogP contribution in [-0.2, 0) is 4.74 Å². The van der Waals surface area contributed by atoms with Crippen molar-refractivity contribution in [3.8, 4) is 0 Å². The summed E-state index contributed by atoms with van der Waals surface area (Å²) in [5.74, 6) is -0.674. The lowest BCUT2D eigenvalue weighted by Gasteiger charge is -2.34. The molecule has 0 bridgehead atoms. The van der Waals surface area contributed by atoms with E-state index in [4.69, 9.17) is 10.5 Å². The van der Waals surface area contributed by atoms with Gasteiger partial charge < -0.3 is 15.4 Å². The smallest absolute Gasteiger partial charge is 0.410 e. The molecule has 2 aromatic rings. The van der Waals surface area contributed by atoms with Crippen molar-refractivity contribution in [2.75, 3.05) is 13.1 Å². The number of amides is 2. The highest BCUT2D eigenvalue weighted by Gasteiger charge is 2.28. The molecule has 33 heavy (non-hydrogen) atoms. The van der Waals surface area contributed by atoms with Crippen LogP contribution >= 0.6 is 0 Å². The molecule has 2 amide bonds. The van der Waals surface area contributed by atoms with E-state index in [2.05, 4.69) is 4.99 Å². The number of nitrogens with two attached hydrogens (primary N) is 1. The second kappa shape index (κ2) is 9.81. The minimum Gasteiger partial charge on any atom is -0.444 e. The average molecular weight is 453 g/mol. The van der Waals surface area contributed by atoms with Crippen LogP contribution in [0.25, 0.3) is 0 Å². The van der Waals surface area contributed by atoms with Crippen molar-refractivity contribution in [1.29, 1.82) is 0 Å². The Morgan fingerprint density at radius 3 is 2.52 bits per heavy atom. The molecule has 1 heterocycles. The molecular weight excluding hydrogens is 424 g/mol. The summed E-state index contributed by atoms with van der Waals surface area (Å²) in [6.45, 7) is 6.82. The standard InChI is InChI=1S/C24H28N4O5/c1-24(2,3)33-23(30)27-13-5-7-18(15-27)16-9-11-19(12-10-16)26-14-17-6-4-8-20(22(25)29)21(17)28(31)32/h4,6,8-12,14,18H,5,7,13,15H2,1-3H3,(H2,25,29). The van der Waals surface area contributed by atoms with Gasteiger partial charge in [-0.05, 0) is 63.4 Å². The monoisotopic (exact) mass is 452 g/mol. The highest BCUT2D eigenvalue weighted by molar-refractivity contribution is 6.01. The number of rotatable bonds is 5. The molecule has 2 aromatic carbocycles. The highest BCUT2D eigenvalue weighted by Crippen LogP contribution is 2.29. The molecule has 2 N–H and O–H groups in total. The number of ether oxygens (including phenoxy) is 1. The van der Waals surface area contributed by atoms with Crippen LogP contribution in [-0.4, -0.2) is 46.7 Å². The third-order valence-corrected chi connectivity index (χ3v) is 5.31. The summed E-state index contributed by atoms with van der Waals surface area (Å²) >= 11 is 0. The number of nitrogens with zero attached hydrogens (tertiary/aromatic N) is 3. The first-order valence-corrected chi connectivity index (χ1v) is 10.7. The molecule has 0 radical (unpaired) electrons. The largest absolute Gasteiger partial charge is 0.444 e. The average Bonchev–Trinajstić information content (AvgIpc) is 2.76. The first-order chi connectivity index (χ1) is 15.5. The van der Waals surface area contributed by atoms with Gasteiger partial charge in [0, 0.05) is 25.2 Å². The Morgan fingerprint density at radius 2 is 1.91 bits per heavy atom. The van der Waals surface area contributed by atoms with Gasteiger partial charge >= 0.3 is 6.09 Å². The lowest BCUT2D eigenvalue weighted by atomic mass is 9.91. The molecule has 0 aromatic heterocycles. The summed E-state index contributed by atoms with van der Waals surface area (Å²) in [6.07, 6.45) is 2.91. The van der Waals surface area contributed by atoms with Crippen molar-refractivity contribution in [1.82, 2.24) is 4.90 Å². The van der Waals surface area contributed by atoms with Gasteiger partial charge in [-0.1, -0.05) is 18.2 Å². The molecule has 0 saturated carbocycles. The van der Waals surface area contributed by atoms with Crippen LogP contribution in [0.15, 0.2) is 47.5 Å². The number of nitro benzene ring substituents is 1. The van der Waals surface area contributed by atoms with E-state index >= 15 is 0 Å². The van der Waals surface area contributed by atoms with E-state index in [9.17, 15) is 19.7 Å². The molecule has 3 rings (SSSR count). The van der Waals surface area contributed by atoms with Crippen LogP contribution in [0.5, 0.6) is 0 Å². The molecule has 9 nitrogen and oxygen atoms in total. The first kappa shape index (κ1) is 23.9. The zero-order valence-corrected chi connectivity index (χ0v) is 19.0. The fraction of sp³-hybridized carbons (Fsp3) is 0.375. The van der Waals surface area contributed by atoms with Gasteiger partial charge in [-0.25, -0.2) is 4.79 Å². The van der Waals surface area contributed by atoms with E-state index in [0.29, 0.717) is 18.8 Å². The van der Waals surface area contributed by atoms with Crippen molar-refractivity contribution >= 4 is 29.6 Å². The number of carbonyl (C=O) groups is 2. The predicted octanol–water partition coefficient (Wildman–Crippen LogP) is 4.56. The van der Waals surface area contributed by atoms with Gasteiger partial charge in [0.05, 0.1) is 16.2 Å². The van der Waals surface area contributed by atoms with Crippen LogP contribution in [0.3, 0.4) is 0 Å². The molecule has 1 saturated heterocycles. The topological polar surface area (TPSA) is 128 Å². The molecule has 1 fully saturated rings. The molecule has 1 aliphatic heterocycles. The maximum absolute atomic E-state index is 12.4. The van der Waals surface area contributed by atoms with Crippen molar-refractivity contribution in [3.05, 3.63) is 69.3 Å². The van der Waals surface area contributed by atoms with E-state index in [1.807, 2.05) is 45.0 Å². The minimum atomic E-state index is -0.866. The SMILES string of the molecule is CC(C)(C)OC(=O)N1CCCC(c2ccc(N=Cc3cccc(C(N)=O)c3[N+](=O)[O-])cc2)C1. The number of aliphatic imine (C=N–C) groups is 1. The second-order valence-corrected chi connectivity index (χ2v) is 8.98. The molecule has 0 spiro atoms. The van der Waals surface area contributed by atoms with Crippen LogP contribution in [0.2, 0.25) is 0 Å². The van der Waals surface area contributed by atoms with Crippen LogP contribution in [0.1, 0.15) is 61.0 Å². The Kier molecular flexibility index (Phi) is 7.10. The Balaban J connectivity index is 1.73. The van der Waals surface area contributed by atoms with Crippen molar-refractivity contribution in [2.45, 2.75) is 45.1 Å². The van der Waals surface area contributed by atoms with Gasteiger partial charge in [0.1, 0.15) is 11.2 Å². The summed E-state index contributed by atoms with van der Waals surface area (Å²) in [4.78, 5) is 40.8. The predicted molar refractivity (Wildman–Crippen MR) is 125 cm³/mol. The molecule has 9 heteroatoms. The molecule has 1 aliphatic rings. The second-order valence-electron chi connectivity index (χ2n) is 8.98. The summed E-state index contributed by atoms with van der Waals surface area (Å²) in [6, 6.07) is 11.9. The molecular formula is C24H28N4O5. The number of hydrogen-bond donors (Lipinski definition) is 1. The van der Waals surface area contributed by atoms with Crippen molar-refractivity contribution < 1.29 is 19.2 Å². The quantitative estimate of drug-likeness (QED) is 0.404. The van der Waals surface area contributed by atoms with Gasteiger partial charge in [0.2, 0.25) is 0 Å². The Morgan fingerprint density at radius 1 is 1.21 bits per heavy atom. The zero-order valence-electron chi connectivity index (χ0n) is 19.0. The van der Waals surface area contributed by atoms with Gasteiger partial charge in [0.25, 0.3) is 11.6 Å². The zero-order chi connectivity index (χ0) is 24.2. The fourth-order valence-corrected chi connectivity index (χ4v) is 3.79. The number of benzene rings is 2. The third-order valence-electron chi connectivity index (χ3n) is 5.31. The molecule has 0 aliphatic carbocycles. The van der Waals surface area contributed by atoms with Gasteiger partial charge in [-0.15, -0.1) is 0 Å². The molecule has 1 atom stereocenters. The fourth-order valence-electron chi connectivity index (χ4n) is 3.79. The van der Waals surface area contributed by atoms with Crippen molar-refractivity contribution in [2.24, 2.45) is 10.7 Å². The van der Waals surface area contributed by atoms with Gasteiger partial charge in [-0.2, -0.15) is 0 Å². The Bertz CT molecular complexity index is 1070. The number of primary amides is 1. The van der Waals surface area contributed by atoms with Gasteiger partial charge in [0.15, 0.2) is 0 Å². The number of nitro groups is 1. The lowest BCUT2D eigenvalue weighted by molar-refractivity contribution is -0.385. The summed E-state index contributed by atoms with van der Waals surface area (Å²) < 4.78 is 5.50. The maximum Gasteiger partial charge on any atom is 0.410 e. The van der Waals surface area contributed by atoms with Crippen LogP contribution < -0.4 is 5.73 Å². The van der Waals surface area contributed by atoms with E-state index in [1.165, 1.54) is 24.4 Å². The third kappa shape index (κ3) is 6.15. The number of likely N-dealkylation sites (tertiary alicyclic amines) is 1. The summed E-state index contributed by atoms with van der Waals surface area (Å²) in [7, 11) is 0. The number of para-hydroxylation sites is 1. The Labute approximate surface area is 192 Å². The maximum atomic E-state index is 12.4. The van der Waals surface area contributed by atoms with Crippen molar-refractivity contribution in [3.63, 3.8) is 0 Å².